The molecule has 0 spiro atoms. The summed E-state index contributed by atoms with van der Waals surface area (Å²) >= 11 is 0. The Hall–Kier alpha value is -5.45. The van der Waals surface area contributed by atoms with Gasteiger partial charge in [0.1, 0.15) is 22.9 Å². The number of hydrogen-bond donors (Lipinski definition) is 2. The molecule has 0 heterocycles. The summed E-state index contributed by atoms with van der Waals surface area (Å²) < 4.78 is 5.51. The van der Waals surface area contributed by atoms with Crippen LogP contribution in [0.3, 0.4) is 0 Å². The second-order valence-electron chi connectivity index (χ2n) is 9.04. The molecule has 0 radical (unpaired) electrons. The van der Waals surface area contributed by atoms with Crippen LogP contribution in [0.2, 0.25) is 0 Å². The fourth-order valence-electron chi connectivity index (χ4n) is 3.94. The Morgan fingerprint density at radius 1 is 0.714 bits per heavy atom. The van der Waals surface area contributed by atoms with Gasteiger partial charge in [-0.2, -0.15) is 20.5 Å². The first-order valence-electron chi connectivity index (χ1n) is 13.4. The molecule has 0 aliphatic rings. The van der Waals surface area contributed by atoms with Crippen molar-refractivity contribution in [3.8, 4) is 11.5 Å². The van der Waals surface area contributed by atoms with E-state index in [2.05, 4.69) is 54.7 Å². The van der Waals surface area contributed by atoms with Crippen molar-refractivity contribution < 1.29 is 14.6 Å². The summed E-state index contributed by atoms with van der Waals surface area (Å²) in [6.45, 7) is 7.32. The van der Waals surface area contributed by atoms with Gasteiger partial charge >= 0.3 is 0 Å². The molecule has 0 aliphatic heterocycles. The molecule has 4 aromatic rings. The Morgan fingerprint density at radius 3 is 1.79 bits per heavy atom. The van der Waals surface area contributed by atoms with Crippen LogP contribution in [0.15, 0.2) is 116 Å². The van der Waals surface area contributed by atoms with Crippen molar-refractivity contribution >= 4 is 51.4 Å². The Morgan fingerprint density at radius 2 is 1.21 bits per heavy atom. The van der Waals surface area contributed by atoms with Crippen molar-refractivity contribution in [3.05, 3.63) is 84.9 Å². The van der Waals surface area contributed by atoms with E-state index >= 15 is 0 Å². The van der Waals surface area contributed by atoms with Crippen LogP contribution in [0, 0.1) is 0 Å². The summed E-state index contributed by atoms with van der Waals surface area (Å²) in [5.41, 5.74) is 5.10. The highest BCUT2D eigenvalue weighted by atomic mass is 16.5. The number of nitrogens with zero attached hydrogens (tertiary/aromatic N) is 7. The topological polar surface area (TPSA) is 136 Å². The zero-order valence-corrected chi connectivity index (χ0v) is 23.9. The number of methoxy groups -OCH3 is 1. The molecule has 42 heavy (non-hydrogen) atoms. The van der Waals surface area contributed by atoms with Crippen LogP contribution in [0.1, 0.15) is 20.8 Å². The van der Waals surface area contributed by atoms with E-state index in [1.807, 2.05) is 18.2 Å². The molecule has 1 amide bonds. The van der Waals surface area contributed by atoms with E-state index in [0.717, 1.165) is 18.8 Å². The molecule has 0 aliphatic carbocycles. The first-order chi connectivity index (χ1) is 20.4. The van der Waals surface area contributed by atoms with Gasteiger partial charge in [0.05, 0.1) is 35.5 Å². The largest absolute Gasteiger partial charge is 0.508 e. The summed E-state index contributed by atoms with van der Waals surface area (Å²) in [7, 11) is 1.55. The number of azo groups is 3. The first kappa shape index (κ1) is 29.5. The van der Waals surface area contributed by atoms with Crippen molar-refractivity contribution in [3.63, 3.8) is 0 Å². The average Bonchev–Trinajstić information content (AvgIpc) is 3.00. The summed E-state index contributed by atoms with van der Waals surface area (Å²) in [6.07, 6.45) is 0. The number of phenolic OH excluding ortho intramolecular Hbond substituents is 1. The minimum absolute atomic E-state index is 0.174. The van der Waals surface area contributed by atoms with Crippen LogP contribution in [0.25, 0.3) is 0 Å². The summed E-state index contributed by atoms with van der Waals surface area (Å²) in [5.74, 6) is 0.467. The number of amides is 1. The van der Waals surface area contributed by atoms with Crippen molar-refractivity contribution in [2.24, 2.45) is 30.7 Å². The highest BCUT2D eigenvalue weighted by molar-refractivity contribution is 5.93. The Kier molecular flexibility index (Phi) is 10.0. The number of nitrogens with one attached hydrogen (secondary N) is 1. The number of aromatic hydroxyl groups is 1. The molecule has 0 fully saturated rings. The van der Waals surface area contributed by atoms with Crippen LogP contribution in [-0.2, 0) is 4.79 Å². The highest BCUT2D eigenvalue weighted by Gasteiger charge is 2.10. The number of carbonyl (C=O) groups is 1. The molecule has 11 heteroatoms. The van der Waals surface area contributed by atoms with E-state index in [9.17, 15) is 9.90 Å². The Bertz CT molecular complexity index is 1600. The fraction of sp³-hybridized carbons (Fsp3) is 0.194. The molecule has 4 rings (SSSR count). The van der Waals surface area contributed by atoms with Crippen molar-refractivity contribution in [1.82, 2.24) is 0 Å². The van der Waals surface area contributed by atoms with Gasteiger partial charge in [-0.1, -0.05) is 0 Å². The summed E-state index contributed by atoms with van der Waals surface area (Å²) in [4.78, 5) is 14.0. The third kappa shape index (κ3) is 8.04. The lowest BCUT2D eigenvalue weighted by Crippen LogP contribution is -2.21. The monoisotopic (exact) mass is 564 g/mol. The fourth-order valence-corrected chi connectivity index (χ4v) is 3.94. The van der Waals surface area contributed by atoms with Gasteiger partial charge in [0.15, 0.2) is 0 Å². The Labute approximate surface area is 244 Å². The van der Waals surface area contributed by atoms with E-state index < -0.39 is 0 Å². The normalized spacial score (nSPS) is 11.4. The molecule has 4 aromatic carbocycles. The summed E-state index contributed by atoms with van der Waals surface area (Å²) in [6, 6.07) is 24.5. The molecule has 0 bridgehead atoms. The van der Waals surface area contributed by atoms with Crippen LogP contribution >= 0.6 is 0 Å². The zero-order chi connectivity index (χ0) is 29.9. The third-order valence-corrected chi connectivity index (χ3v) is 6.11. The van der Waals surface area contributed by atoms with Crippen molar-refractivity contribution in [2.45, 2.75) is 20.8 Å². The van der Waals surface area contributed by atoms with Gasteiger partial charge < -0.3 is 20.1 Å². The maximum absolute atomic E-state index is 11.8. The molecular formula is C31H32N8O3. The van der Waals surface area contributed by atoms with Gasteiger partial charge in [0.2, 0.25) is 5.91 Å². The van der Waals surface area contributed by atoms with Gasteiger partial charge in [0.25, 0.3) is 0 Å². The molecule has 0 saturated carbocycles. The van der Waals surface area contributed by atoms with E-state index in [1.54, 1.807) is 73.8 Å². The second kappa shape index (κ2) is 14.3. The number of rotatable bonds is 11. The number of benzene rings is 4. The lowest BCUT2D eigenvalue weighted by Gasteiger charge is -2.22. The molecule has 0 unspecified atom stereocenters. The number of carbonyl (C=O) groups excluding carboxylic acids is 1. The molecule has 0 atom stereocenters. The maximum Gasteiger partial charge on any atom is 0.221 e. The molecule has 0 saturated heterocycles. The average molecular weight is 565 g/mol. The molecular weight excluding hydrogens is 532 g/mol. The smallest absolute Gasteiger partial charge is 0.221 e. The van der Waals surface area contributed by atoms with Crippen LogP contribution in [-0.4, -0.2) is 31.2 Å². The minimum Gasteiger partial charge on any atom is -0.508 e. The summed E-state index contributed by atoms with van der Waals surface area (Å²) in [5, 5.41) is 37.9. The van der Waals surface area contributed by atoms with Gasteiger partial charge in [-0.05, 0) is 92.7 Å². The molecule has 0 aromatic heterocycles. The maximum atomic E-state index is 11.8. The van der Waals surface area contributed by atoms with Crippen LogP contribution < -0.4 is 15.0 Å². The van der Waals surface area contributed by atoms with Gasteiger partial charge in [-0.25, -0.2) is 0 Å². The predicted molar refractivity (Wildman–Crippen MR) is 164 cm³/mol. The van der Waals surface area contributed by atoms with E-state index in [1.165, 1.54) is 6.92 Å². The number of anilines is 2. The van der Waals surface area contributed by atoms with E-state index in [4.69, 9.17) is 4.74 Å². The first-order valence-corrected chi connectivity index (χ1v) is 13.4. The van der Waals surface area contributed by atoms with Crippen molar-refractivity contribution in [2.75, 3.05) is 30.4 Å². The lowest BCUT2D eigenvalue weighted by atomic mass is 10.2. The predicted octanol–water partition coefficient (Wildman–Crippen LogP) is 9.45. The molecule has 2 N–H and O–H groups in total. The molecule has 214 valence electrons. The van der Waals surface area contributed by atoms with Gasteiger partial charge in [-0.3, -0.25) is 4.79 Å². The van der Waals surface area contributed by atoms with Crippen LogP contribution in [0.5, 0.6) is 11.5 Å². The van der Waals surface area contributed by atoms with Gasteiger partial charge in [0, 0.05) is 31.8 Å². The SMILES string of the molecule is CCN(CC)c1ccc(N=Nc2ccc(N=Nc3ccc(N=Nc4ccc(O)cc4)cc3)c(OC)c2)c(NC(C)=O)c1. The third-order valence-electron chi connectivity index (χ3n) is 6.11. The van der Waals surface area contributed by atoms with Crippen LogP contribution in [0.4, 0.5) is 45.5 Å². The van der Waals surface area contributed by atoms with Gasteiger partial charge in [-0.15, -0.1) is 10.2 Å². The lowest BCUT2D eigenvalue weighted by molar-refractivity contribution is -0.114. The number of phenols is 1. The standard InChI is InChI=1S/C31H32N8O3/c1-5-39(6-2)26-14-18-28(30(20-26)32-21(3)40)37-36-25-13-17-29(31(19-25)42-4)38-35-23-9-7-22(8-10-23)33-34-24-11-15-27(41)16-12-24/h7-20,41H,5-6H2,1-4H3,(H,32,40). The van der Waals surface area contributed by atoms with E-state index in [0.29, 0.717) is 45.6 Å². The minimum atomic E-state index is -0.187. The quantitative estimate of drug-likeness (QED) is 0.175. The number of ether oxygens (including phenoxy) is 1. The van der Waals surface area contributed by atoms with Crippen molar-refractivity contribution in [1.29, 1.82) is 0 Å². The Balaban J connectivity index is 1.47. The number of hydrogen-bond acceptors (Lipinski definition) is 10. The van der Waals surface area contributed by atoms with E-state index in [-0.39, 0.29) is 11.7 Å². The zero-order valence-electron chi connectivity index (χ0n) is 23.9. The second-order valence-corrected chi connectivity index (χ2v) is 9.04. The molecule has 11 nitrogen and oxygen atoms in total. The highest BCUT2D eigenvalue weighted by Crippen LogP contribution is 2.36.